The van der Waals surface area contributed by atoms with Gasteiger partial charge in [-0.3, -0.25) is 4.68 Å². The van der Waals surface area contributed by atoms with Crippen molar-refractivity contribution in [1.82, 2.24) is 9.78 Å². The SMILES string of the molecule is COc1cnn(CCC(Cl)Br)c1. The number of nitrogens with zero attached hydrogens (tertiary/aromatic N) is 2. The van der Waals surface area contributed by atoms with E-state index in [1.54, 1.807) is 18.0 Å². The predicted octanol–water partition coefficient (Wildman–Crippen LogP) is 2.24. The standard InChI is InChI=1S/C7H10BrClN2O/c1-12-6-4-10-11(5-6)3-2-7(8)9/h4-5,7H,2-3H2,1H3. The van der Waals surface area contributed by atoms with Gasteiger partial charge in [-0.1, -0.05) is 15.9 Å². The number of hydrogen-bond donors (Lipinski definition) is 0. The monoisotopic (exact) mass is 252 g/mol. The molecule has 5 heteroatoms. The van der Waals surface area contributed by atoms with Crippen LogP contribution < -0.4 is 4.74 Å². The fraction of sp³-hybridized carbons (Fsp3) is 0.571. The molecule has 68 valence electrons. The fourth-order valence-electron chi connectivity index (χ4n) is 0.802. The Bertz CT molecular complexity index is 239. The van der Waals surface area contributed by atoms with Crippen molar-refractivity contribution in [2.24, 2.45) is 0 Å². The van der Waals surface area contributed by atoms with E-state index in [2.05, 4.69) is 21.0 Å². The molecule has 0 saturated heterocycles. The molecule has 3 nitrogen and oxygen atoms in total. The van der Waals surface area contributed by atoms with Crippen LogP contribution in [0.2, 0.25) is 0 Å². The lowest BCUT2D eigenvalue weighted by atomic mass is 10.5. The molecule has 1 rings (SSSR count). The molecule has 0 aliphatic rings. The Balaban J connectivity index is 2.41. The first-order valence-corrected chi connectivity index (χ1v) is 4.92. The smallest absolute Gasteiger partial charge is 0.156 e. The Morgan fingerprint density at radius 2 is 2.58 bits per heavy atom. The van der Waals surface area contributed by atoms with Crippen molar-refractivity contribution in [1.29, 1.82) is 0 Å². The van der Waals surface area contributed by atoms with Crippen LogP contribution in [-0.4, -0.2) is 21.2 Å². The molecule has 0 spiro atoms. The molecular formula is C7H10BrClN2O. The summed E-state index contributed by atoms with van der Waals surface area (Å²) in [7, 11) is 1.62. The van der Waals surface area contributed by atoms with Crippen LogP contribution in [0.1, 0.15) is 6.42 Å². The first-order valence-electron chi connectivity index (χ1n) is 3.57. The Morgan fingerprint density at radius 1 is 1.83 bits per heavy atom. The van der Waals surface area contributed by atoms with Gasteiger partial charge < -0.3 is 4.74 Å². The van der Waals surface area contributed by atoms with Gasteiger partial charge in [0.1, 0.15) is 0 Å². The molecule has 0 aromatic carbocycles. The molecule has 0 amide bonds. The number of hydrogen-bond acceptors (Lipinski definition) is 2. The van der Waals surface area contributed by atoms with Gasteiger partial charge in [-0.05, 0) is 6.42 Å². The third-order valence-electron chi connectivity index (χ3n) is 1.42. The lowest BCUT2D eigenvalue weighted by Crippen LogP contribution is -2.01. The molecule has 1 aromatic heterocycles. The highest BCUT2D eigenvalue weighted by molar-refractivity contribution is 9.10. The summed E-state index contributed by atoms with van der Waals surface area (Å²) >= 11 is 8.96. The van der Waals surface area contributed by atoms with Gasteiger partial charge in [0.25, 0.3) is 0 Å². The second-order valence-corrected chi connectivity index (χ2v) is 4.48. The van der Waals surface area contributed by atoms with Crippen molar-refractivity contribution in [2.45, 2.75) is 17.3 Å². The highest BCUT2D eigenvalue weighted by Crippen LogP contribution is 2.12. The summed E-state index contributed by atoms with van der Waals surface area (Å²) in [5.41, 5.74) is 0. The summed E-state index contributed by atoms with van der Waals surface area (Å²) in [4.78, 5) is 0. The van der Waals surface area contributed by atoms with E-state index in [1.807, 2.05) is 6.20 Å². The van der Waals surface area contributed by atoms with Gasteiger partial charge in [0.2, 0.25) is 0 Å². The fourth-order valence-corrected chi connectivity index (χ4v) is 1.10. The lowest BCUT2D eigenvalue weighted by molar-refractivity contribution is 0.413. The third kappa shape index (κ3) is 3.03. The van der Waals surface area contributed by atoms with Crippen molar-refractivity contribution >= 4 is 27.5 Å². The number of halogens is 2. The Labute approximate surface area is 84.8 Å². The van der Waals surface area contributed by atoms with Crippen LogP contribution in [0.5, 0.6) is 5.75 Å². The molecule has 0 bridgehead atoms. The number of aromatic nitrogens is 2. The number of alkyl halides is 2. The molecule has 1 atom stereocenters. The lowest BCUT2D eigenvalue weighted by Gasteiger charge is -2.00. The Hall–Kier alpha value is -0.220. The predicted molar refractivity (Wildman–Crippen MR) is 52.0 cm³/mol. The number of aryl methyl sites for hydroxylation is 1. The molecule has 0 aliphatic heterocycles. The summed E-state index contributed by atoms with van der Waals surface area (Å²) < 4.78 is 6.78. The Kier molecular flexibility index (Phi) is 3.88. The molecule has 0 N–H and O–H groups in total. The van der Waals surface area contributed by atoms with Gasteiger partial charge in [0, 0.05) is 6.54 Å². The van der Waals surface area contributed by atoms with E-state index < -0.39 is 0 Å². The quantitative estimate of drug-likeness (QED) is 0.770. The second kappa shape index (κ2) is 4.72. The Morgan fingerprint density at radius 3 is 3.08 bits per heavy atom. The van der Waals surface area contributed by atoms with E-state index in [0.717, 1.165) is 18.7 Å². The second-order valence-electron chi connectivity index (χ2n) is 2.32. The normalized spacial score (nSPS) is 12.9. The summed E-state index contributed by atoms with van der Waals surface area (Å²) in [5.74, 6) is 0.774. The van der Waals surface area contributed by atoms with Crippen molar-refractivity contribution < 1.29 is 4.74 Å². The van der Waals surface area contributed by atoms with E-state index in [1.165, 1.54) is 0 Å². The zero-order valence-electron chi connectivity index (χ0n) is 6.70. The largest absolute Gasteiger partial charge is 0.493 e. The zero-order valence-corrected chi connectivity index (χ0v) is 9.05. The minimum Gasteiger partial charge on any atom is -0.493 e. The third-order valence-corrected chi connectivity index (χ3v) is 2.10. The van der Waals surface area contributed by atoms with Crippen LogP contribution in [0.25, 0.3) is 0 Å². The zero-order chi connectivity index (χ0) is 8.97. The van der Waals surface area contributed by atoms with Crippen LogP contribution >= 0.6 is 27.5 Å². The van der Waals surface area contributed by atoms with Crippen LogP contribution in [0.4, 0.5) is 0 Å². The average molecular weight is 254 g/mol. The van der Waals surface area contributed by atoms with E-state index in [9.17, 15) is 0 Å². The molecule has 0 fully saturated rings. The van der Waals surface area contributed by atoms with Gasteiger partial charge in [-0.25, -0.2) is 0 Å². The van der Waals surface area contributed by atoms with E-state index >= 15 is 0 Å². The van der Waals surface area contributed by atoms with Crippen LogP contribution in [-0.2, 0) is 6.54 Å². The summed E-state index contributed by atoms with van der Waals surface area (Å²) in [6, 6.07) is 0. The van der Waals surface area contributed by atoms with Gasteiger partial charge in [-0.2, -0.15) is 5.10 Å². The van der Waals surface area contributed by atoms with Crippen LogP contribution in [0, 0.1) is 0 Å². The van der Waals surface area contributed by atoms with Crippen LogP contribution in [0.3, 0.4) is 0 Å². The van der Waals surface area contributed by atoms with Gasteiger partial charge >= 0.3 is 0 Å². The summed E-state index contributed by atoms with van der Waals surface area (Å²) in [5, 5.41) is 4.07. The minimum atomic E-state index is 0.00712. The topological polar surface area (TPSA) is 27.1 Å². The van der Waals surface area contributed by atoms with Gasteiger partial charge in [0.15, 0.2) is 5.75 Å². The number of methoxy groups -OCH3 is 1. The van der Waals surface area contributed by atoms with E-state index in [-0.39, 0.29) is 4.29 Å². The first kappa shape index (κ1) is 9.86. The van der Waals surface area contributed by atoms with Gasteiger partial charge in [-0.15, -0.1) is 11.6 Å². The number of ether oxygens (including phenoxy) is 1. The van der Waals surface area contributed by atoms with Crippen LogP contribution in [0.15, 0.2) is 12.4 Å². The molecular weight excluding hydrogens is 243 g/mol. The molecule has 0 aliphatic carbocycles. The van der Waals surface area contributed by atoms with Crippen molar-refractivity contribution in [3.05, 3.63) is 12.4 Å². The molecule has 0 saturated carbocycles. The van der Waals surface area contributed by atoms with Gasteiger partial charge in [0.05, 0.1) is 23.8 Å². The molecule has 1 aromatic rings. The summed E-state index contributed by atoms with van der Waals surface area (Å²) in [6.45, 7) is 0.794. The highest BCUT2D eigenvalue weighted by Gasteiger charge is 2.00. The maximum Gasteiger partial charge on any atom is 0.156 e. The minimum absolute atomic E-state index is 0.00712. The van der Waals surface area contributed by atoms with Crippen molar-refractivity contribution in [2.75, 3.05) is 7.11 Å². The first-order chi connectivity index (χ1) is 5.72. The number of rotatable bonds is 4. The summed E-state index contributed by atoms with van der Waals surface area (Å²) in [6.07, 6.45) is 4.36. The highest BCUT2D eigenvalue weighted by atomic mass is 79.9. The molecule has 1 unspecified atom stereocenters. The molecule has 12 heavy (non-hydrogen) atoms. The van der Waals surface area contributed by atoms with Crippen molar-refractivity contribution in [3.8, 4) is 5.75 Å². The van der Waals surface area contributed by atoms with E-state index in [0.29, 0.717) is 0 Å². The molecule has 0 radical (unpaired) electrons. The molecule has 1 heterocycles. The van der Waals surface area contributed by atoms with E-state index in [4.69, 9.17) is 16.3 Å². The average Bonchev–Trinajstić information content (AvgIpc) is 2.48. The van der Waals surface area contributed by atoms with Crippen molar-refractivity contribution in [3.63, 3.8) is 0 Å². The maximum atomic E-state index is 5.71. The maximum absolute atomic E-state index is 5.71.